The maximum Gasteiger partial charge on any atom is 4.00 e. The molecule has 228 valence electrons. The van der Waals surface area contributed by atoms with E-state index in [2.05, 4.69) is 131 Å². The predicted molar refractivity (Wildman–Crippen MR) is 199 cm³/mol. The van der Waals surface area contributed by atoms with Gasteiger partial charge < -0.3 is 14.9 Å². The average molecular weight is 771 g/mol. The molecule has 0 saturated heterocycles. The molecule has 2 heteroatoms. The minimum atomic E-state index is -2.07. The SMILES string of the molecule is Cc1cccc(C)c1-c1cccc2[cH-]c([Si](C)(c3cc4c(-c5c(C)cccc5C)cccc4[cH-]3)C3CCCCC3)cc12.[CH3-].[CH3-].[Hf+4]. The van der Waals surface area contributed by atoms with E-state index in [9.17, 15) is 0 Å². The number of benzene rings is 4. The minimum Gasteiger partial charge on any atom is -0.358 e. The van der Waals surface area contributed by atoms with Crippen LogP contribution in [0.1, 0.15) is 54.4 Å². The summed E-state index contributed by atoms with van der Waals surface area (Å²) in [7, 11) is -2.07. The first-order valence-electron chi connectivity index (χ1n) is 15.9. The van der Waals surface area contributed by atoms with Crippen molar-refractivity contribution in [2.75, 3.05) is 0 Å². The quantitative estimate of drug-likeness (QED) is 0.121. The molecule has 0 radical (unpaired) electrons. The van der Waals surface area contributed by atoms with Gasteiger partial charge >= 0.3 is 25.8 Å². The third-order valence-electron chi connectivity index (χ3n) is 10.6. The summed E-state index contributed by atoms with van der Waals surface area (Å²) in [5.41, 5.74) is 11.8. The molecule has 6 aromatic rings. The van der Waals surface area contributed by atoms with E-state index in [-0.39, 0.29) is 40.7 Å². The van der Waals surface area contributed by atoms with E-state index in [0.29, 0.717) is 0 Å². The largest absolute Gasteiger partial charge is 4.00 e. The monoisotopic (exact) mass is 772 g/mol. The van der Waals surface area contributed by atoms with E-state index >= 15 is 0 Å². The first-order valence-corrected chi connectivity index (χ1v) is 18.5. The van der Waals surface area contributed by atoms with E-state index in [0.717, 1.165) is 5.54 Å². The summed E-state index contributed by atoms with van der Waals surface area (Å²) >= 11 is 0. The molecule has 0 spiro atoms. The molecule has 0 bridgehead atoms. The van der Waals surface area contributed by atoms with Gasteiger partial charge in [-0.25, -0.2) is 0 Å². The summed E-state index contributed by atoms with van der Waals surface area (Å²) in [5, 5.41) is 8.87. The van der Waals surface area contributed by atoms with Crippen molar-refractivity contribution in [3.63, 3.8) is 0 Å². The van der Waals surface area contributed by atoms with Crippen LogP contribution < -0.4 is 10.4 Å². The molecular weight excluding hydrogens is 723 g/mol. The van der Waals surface area contributed by atoms with Gasteiger partial charge in [0.1, 0.15) is 0 Å². The van der Waals surface area contributed by atoms with Crippen molar-refractivity contribution < 1.29 is 25.8 Å². The van der Waals surface area contributed by atoms with Crippen LogP contribution in [0.15, 0.2) is 97.1 Å². The van der Waals surface area contributed by atoms with E-state index < -0.39 is 8.07 Å². The summed E-state index contributed by atoms with van der Waals surface area (Å²) in [6.07, 6.45) is 6.85. The van der Waals surface area contributed by atoms with Gasteiger partial charge in [0.25, 0.3) is 0 Å². The second kappa shape index (κ2) is 13.9. The number of fused-ring (bicyclic) bond motifs is 2. The first kappa shape index (κ1) is 35.0. The van der Waals surface area contributed by atoms with Crippen LogP contribution in [-0.2, 0) is 25.8 Å². The Bertz CT molecular complexity index is 1760. The van der Waals surface area contributed by atoms with Crippen LogP contribution in [0, 0.1) is 42.5 Å². The van der Waals surface area contributed by atoms with Crippen molar-refractivity contribution in [3.8, 4) is 22.3 Å². The number of hydrogen-bond donors (Lipinski definition) is 0. The molecule has 1 aliphatic rings. The van der Waals surface area contributed by atoms with E-state index in [1.165, 1.54) is 98.2 Å². The standard InChI is InChI=1S/C41H42Si.2CH3.Hf/c1-27-13-9-14-28(2)40(27)36-21-11-17-31-23-34(25-38(31)36)42(5,33-19-7-6-8-20-33)35-24-32-18-12-22-37(39(32)26-35)41-29(3)15-10-16-30(41)4;;;/h9-18,21-26,33H,6-8,19-20H2,1-5H3;2*1H3;/q-2;2*-1;+4. The van der Waals surface area contributed by atoms with Gasteiger partial charge in [0.05, 0.1) is 8.07 Å². The molecule has 0 atom stereocenters. The van der Waals surface area contributed by atoms with Crippen LogP contribution in [0.5, 0.6) is 0 Å². The molecule has 1 aliphatic carbocycles. The normalized spacial score (nSPS) is 13.7. The summed E-state index contributed by atoms with van der Waals surface area (Å²) in [5.74, 6) is 0. The van der Waals surface area contributed by atoms with Gasteiger partial charge in [-0.05, 0) is 66.6 Å². The molecule has 0 aliphatic heterocycles. The molecule has 1 fully saturated rings. The fourth-order valence-corrected chi connectivity index (χ4v) is 12.9. The summed E-state index contributed by atoms with van der Waals surface area (Å²) in [4.78, 5) is 0. The number of rotatable bonds is 5. The molecule has 1 saturated carbocycles. The number of hydrogen-bond acceptors (Lipinski definition) is 0. The molecular formula is C43H48HfSi. The first-order chi connectivity index (χ1) is 20.4. The summed E-state index contributed by atoms with van der Waals surface area (Å²) in [6.45, 7) is 11.7. The zero-order valence-electron chi connectivity index (χ0n) is 28.4. The molecule has 0 unspecified atom stereocenters. The van der Waals surface area contributed by atoms with Crippen LogP contribution in [0.4, 0.5) is 0 Å². The predicted octanol–water partition coefficient (Wildman–Crippen LogP) is 11.4. The Morgan fingerprint density at radius 3 is 1.33 bits per heavy atom. The Kier molecular flexibility index (Phi) is 10.8. The summed E-state index contributed by atoms with van der Waals surface area (Å²) in [6, 6.07) is 37.7. The Balaban J connectivity index is 0.00000154. The molecule has 0 amide bonds. The van der Waals surface area contributed by atoms with Crippen LogP contribution >= 0.6 is 0 Å². The van der Waals surface area contributed by atoms with Crippen LogP contribution in [0.25, 0.3) is 43.8 Å². The molecule has 45 heavy (non-hydrogen) atoms. The van der Waals surface area contributed by atoms with Gasteiger partial charge in [-0.1, -0.05) is 98.3 Å². The number of aryl methyl sites for hydroxylation is 4. The van der Waals surface area contributed by atoms with Crippen LogP contribution in [0.2, 0.25) is 12.1 Å². The Morgan fingerprint density at radius 1 is 0.556 bits per heavy atom. The topological polar surface area (TPSA) is 0 Å². The maximum absolute atomic E-state index is 2.70. The van der Waals surface area contributed by atoms with Gasteiger partial charge in [-0.3, -0.25) is 0 Å². The van der Waals surface area contributed by atoms with Crippen LogP contribution in [0.3, 0.4) is 0 Å². The average Bonchev–Trinajstić information content (AvgIpc) is 3.63. The Hall–Kier alpha value is -2.81. The smallest absolute Gasteiger partial charge is 0.358 e. The van der Waals surface area contributed by atoms with Gasteiger partial charge in [-0.2, -0.15) is 12.1 Å². The van der Waals surface area contributed by atoms with Crippen molar-refractivity contribution >= 4 is 40.0 Å². The van der Waals surface area contributed by atoms with Crippen molar-refractivity contribution in [2.45, 2.75) is 71.9 Å². The second-order valence-electron chi connectivity index (χ2n) is 13.2. The van der Waals surface area contributed by atoms with Gasteiger partial charge in [0.2, 0.25) is 0 Å². The fourth-order valence-electron chi connectivity index (χ4n) is 8.30. The van der Waals surface area contributed by atoms with E-state index in [1.54, 1.807) is 10.4 Å². The van der Waals surface area contributed by atoms with Crippen molar-refractivity contribution in [3.05, 3.63) is 134 Å². The van der Waals surface area contributed by atoms with Gasteiger partial charge in [0.15, 0.2) is 0 Å². The fraction of sp³-hybridized carbons (Fsp3) is 0.256. The van der Waals surface area contributed by atoms with Crippen molar-refractivity contribution in [1.29, 1.82) is 0 Å². The third-order valence-corrected chi connectivity index (χ3v) is 15.8. The van der Waals surface area contributed by atoms with Crippen molar-refractivity contribution in [2.24, 2.45) is 0 Å². The van der Waals surface area contributed by atoms with Gasteiger partial charge in [-0.15, -0.1) is 68.3 Å². The molecule has 0 N–H and O–H groups in total. The molecule has 0 nitrogen and oxygen atoms in total. The minimum absolute atomic E-state index is 0. The Morgan fingerprint density at radius 2 is 0.933 bits per heavy atom. The van der Waals surface area contributed by atoms with Crippen molar-refractivity contribution in [1.82, 2.24) is 0 Å². The second-order valence-corrected chi connectivity index (χ2v) is 17.6. The summed E-state index contributed by atoms with van der Waals surface area (Å²) < 4.78 is 0. The van der Waals surface area contributed by atoms with Gasteiger partial charge in [0, 0.05) is 0 Å². The van der Waals surface area contributed by atoms with Crippen LogP contribution in [-0.4, -0.2) is 8.07 Å². The molecule has 0 heterocycles. The maximum atomic E-state index is 2.70. The zero-order chi connectivity index (χ0) is 29.0. The third kappa shape index (κ3) is 5.94. The van der Waals surface area contributed by atoms with E-state index in [1.807, 2.05) is 0 Å². The Labute approximate surface area is 292 Å². The molecule has 6 aromatic carbocycles. The van der Waals surface area contributed by atoms with E-state index in [4.69, 9.17) is 0 Å². The molecule has 0 aromatic heterocycles. The molecule has 7 rings (SSSR count). The zero-order valence-corrected chi connectivity index (χ0v) is 32.9.